The van der Waals surface area contributed by atoms with E-state index in [4.69, 9.17) is 16.0 Å². The van der Waals surface area contributed by atoms with Gasteiger partial charge in [-0.2, -0.15) is 0 Å². The Labute approximate surface area is 122 Å². The molecule has 1 aromatic rings. The van der Waals surface area contributed by atoms with E-state index in [0.717, 1.165) is 30.0 Å². The Bertz CT molecular complexity index is 468. The third-order valence-electron chi connectivity index (χ3n) is 4.47. The highest BCUT2D eigenvalue weighted by Crippen LogP contribution is 2.43. The van der Waals surface area contributed by atoms with Crippen molar-refractivity contribution in [2.45, 2.75) is 64.3 Å². The fourth-order valence-corrected chi connectivity index (χ4v) is 3.80. The summed E-state index contributed by atoms with van der Waals surface area (Å²) in [5.41, 5.74) is 2.27. The van der Waals surface area contributed by atoms with Crippen LogP contribution in [0.2, 0.25) is 23.2 Å². The fraction of sp³-hybridized carbons (Fsp3) is 0.667. The largest absolute Gasteiger partial charge is 0.408 e. The molecule has 0 aliphatic heterocycles. The molecule has 106 valence electrons. The molecule has 0 saturated heterocycles. The molecule has 0 radical (unpaired) electrons. The van der Waals surface area contributed by atoms with Gasteiger partial charge in [0.15, 0.2) is 8.32 Å². The second-order valence-corrected chi connectivity index (χ2v) is 12.1. The topological polar surface area (TPSA) is 22.1 Å². The molecular weight excluding hydrogens is 274 g/mol. The van der Waals surface area contributed by atoms with Crippen molar-refractivity contribution in [2.75, 3.05) is 0 Å². The Hall–Kier alpha value is -0.383. The van der Waals surface area contributed by atoms with Crippen molar-refractivity contribution in [1.82, 2.24) is 4.98 Å². The van der Waals surface area contributed by atoms with E-state index in [1.54, 1.807) is 6.20 Å². The van der Waals surface area contributed by atoms with Crippen molar-refractivity contribution in [3.05, 3.63) is 28.5 Å². The molecular formula is C15H24ClNOSi. The summed E-state index contributed by atoms with van der Waals surface area (Å²) in [6.45, 7) is 11.4. The second-order valence-electron chi connectivity index (χ2n) is 6.92. The summed E-state index contributed by atoms with van der Waals surface area (Å²) in [7, 11) is -1.76. The van der Waals surface area contributed by atoms with Crippen LogP contribution in [0.1, 0.15) is 51.0 Å². The number of pyridine rings is 1. The van der Waals surface area contributed by atoms with E-state index < -0.39 is 8.32 Å². The van der Waals surface area contributed by atoms with Crippen LogP contribution in [0.4, 0.5) is 0 Å². The average Bonchev–Trinajstić information content (AvgIpc) is 2.28. The molecule has 0 saturated carbocycles. The van der Waals surface area contributed by atoms with Gasteiger partial charge in [-0.05, 0) is 49.0 Å². The Balaban J connectivity index is 2.28. The minimum absolute atomic E-state index is 0.128. The summed E-state index contributed by atoms with van der Waals surface area (Å²) in [6, 6.07) is 1.88. The molecule has 2 rings (SSSR count). The van der Waals surface area contributed by atoms with Gasteiger partial charge in [-0.25, -0.2) is 0 Å². The van der Waals surface area contributed by atoms with Crippen LogP contribution < -0.4 is 0 Å². The van der Waals surface area contributed by atoms with Crippen molar-refractivity contribution >= 4 is 19.9 Å². The molecule has 0 unspecified atom stereocenters. The lowest BCUT2D eigenvalue weighted by atomic mass is 9.94. The van der Waals surface area contributed by atoms with Gasteiger partial charge in [0, 0.05) is 11.2 Å². The number of hydrogen-bond donors (Lipinski definition) is 0. The predicted octanol–water partition coefficient (Wildman–Crippen LogP) is 5.13. The van der Waals surface area contributed by atoms with E-state index in [1.807, 2.05) is 6.07 Å². The van der Waals surface area contributed by atoms with E-state index in [2.05, 4.69) is 38.8 Å². The molecule has 0 spiro atoms. The summed E-state index contributed by atoms with van der Waals surface area (Å²) in [5.74, 6) is 0. The van der Waals surface area contributed by atoms with E-state index in [9.17, 15) is 0 Å². The number of nitrogens with zero attached hydrogens (tertiary/aromatic N) is 1. The Kier molecular flexibility index (Phi) is 4.10. The molecule has 1 aliphatic carbocycles. The zero-order valence-corrected chi connectivity index (χ0v) is 14.3. The first-order chi connectivity index (χ1) is 8.72. The summed E-state index contributed by atoms with van der Waals surface area (Å²) in [4.78, 5) is 4.54. The number of halogens is 1. The van der Waals surface area contributed by atoms with Crippen molar-refractivity contribution < 1.29 is 4.43 Å². The molecule has 0 fully saturated rings. The van der Waals surface area contributed by atoms with Gasteiger partial charge in [-0.1, -0.05) is 32.4 Å². The first-order valence-electron chi connectivity index (χ1n) is 7.03. The van der Waals surface area contributed by atoms with Crippen LogP contribution in [0, 0.1) is 0 Å². The van der Waals surface area contributed by atoms with Gasteiger partial charge in [0.05, 0.1) is 11.8 Å². The number of rotatable bonds is 2. The van der Waals surface area contributed by atoms with Gasteiger partial charge in [-0.15, -0.1) is 0 Å². The molecule has 2 nitrogen and oxygen atoms in total. The van der Waals surface area contributed by atoms with E-state index in [0.29, 0.717) is 0 Å². The van der Waals surface area contributed by atoms with Crippen molar-refractivity contribution in [1.29, 1.82) is 0 Å². The van der Waals surface area contributed by atoms with Gasteiger partial charge in [0.25, 0.3) is 0 Å². The lowest BCUT2D eigenvalue weighted by Gasteiger charge is -2.40. The van der Waals surface area contributed by atoms with Crippen molar-refractivity contribution in [2.24, 2.45) is 0 Å². The highest BCUT2D eigenvalue weighted by atomic mass is 35.5. The minimum atomic E-state index is -1.76. The van der Waals surface area contributed by atoms with Crippen LogP contribution in [0.25, 0.3) is 0 Å². The number of hydrogen-bond acceptors (Lipinski definition) is 2. The Morgan fingerprint density at radius 3 is 2.68 bits per heavy atom. The summed E-state index contributed by atoms with van der Waals surface area (Å²) < 4.78 is 6.54. The predicted molar refractivity (Wildman–Crippen MR) is 83.2 cm³/mol. The molecule has 1 atom stereocenters. The summed E-state index contributed by atoms with van der Waals surface area (Å²) in [6.07, 6.45) is 5.15. The quantitative estimate of drug-likeness (QED) is 0.706. The standard InChI is InChI=1S/C15H24ClNOSi/c1-15(2,3)19(4,5)18-13-8-6-7-11-12(16)9-10-17-14(11)13/h9-10,13H,6-8H2,1-5H3/t13-/m0/s1. The van der Waals surface area contributed by atoms with Gasteiger partial charge in [0.1, 0.15) is 0 Å². The second kappa shape index (κ2) is 5.19. The van der Waals surface area contributed by atoms with Gasteiger partial charge in [-0.3, -0.25) is 4.98 Å². The van der Waals surface area contributed by atoms with E-state index in [-0.39, 0.29) is 11.1 Å². The highest BCUT2D eigenvalue weighted by molar-refractivity contribution is 6.74. The SMILES string of the molecule is CC(C)(C)[Si](C)(C)O[C@H]1CCCc2c(Cl)ccnc21. The molecule has 1 aliphatic rings. The monoisotopic (exact) mass is 297 g/mol. The third-order valence-corrected chi connectivity index (χ3v) is 9.31. The summed E-state index contributed by atoms with van der Waals surface area (Å²) in [5, 5.41) is 1.07. The minimum Gasteiger partial charge on any atom is -0.408 e. The maximum absolute atomic E-state index is 6.54. The van der Waals surface area contributed by atoms with Crippen LogP contribution in [-0.2, 0) is 10.8 Å². The third kappa shape index (κ3) is 3.04. The lowest BCUT2D eigenvalue weighted by Crippen LogP contribution is -2.42. The molecule has 0 aromatic carbocycles. The van der Waals surface area contributed by atoms with Crippen LogP contribution in [-0.4, -0.2) is 13.3 Å². The Morgan fingerprint density at radius 1 is 1.37 bits per heavy atom. The lowest BCUT2D eigenvalue weighted by molar-refractivity contribution is 0.158. The molecule has 0 bridgehead atoms. The molecule has 0 amide bonds. The molecule has 1 heterocycles. The van der Waals surface area contributed by atoms with Crippen LogP contribution in [0.5, 0.6) is 0 Å². The fourth-order valence-electron chi connectivity index (χ4n) is 2.26. The zero-order valence-electron chi connectivity index (χ0n) is 12.6. The van der Waals surface area contributed by atoms with Gasteiger partial charge in [0.2, 0.25) is 0 Å². The Morgan fingerprint density at radius 2 is 2.05 bits per heavy atom. The van der Waals surface area contributed by atoms with Gasteiger partial charge < -0.3 is 4.43 Å². The summed E-state index contributed by atoms with van der Waals surface area (Å²) >= 11 is 6.28. The average molecular weight is 298 g/mol. The van der Waals surface area contributed by atoms with Crippen LogP contribution in [0.3, 0.4) is 0 Å². The molecule has 4 heteroatoms. The van der Waals surface area contributed by atoms with Crippen molar-refractivity contribution in [3.8, 4) is 0 Å². The maximum atomic E-state index is 6.54. The highest BCUT2D eigenvalue weighted by Gasteiger charge is 2.40. The first-order valence-corrected chi connectivity index (χ1v) is 10.3. The normalized spacial score (nSPS) is 20.2. The first kappa shape index (κ1) is 15.0. The molecule has 1 aromatic heterocycles. The van der Waals surface area contributed by atoms with Crippen molar-refractivity contribution in [3.63, 3.8) is 0 Å². The van der Waals surface area contributed by atoms with Crippen LogP contribution in [0.15, 0.2) is 12.3 Å². The smallest absolute Gasteiger partial charge is 0.192 e. The zero-order chi connectivity index (χ0) is 14.3. The number of aromatic nitrogens is 1. The number of fused-ring (bicyclic) bond motifs is 1. The maximum Gasteiger partial charge on any atom is 0.192 e. The molecule has 19 heavy (non-hydrogen) atoms. The van der Waals surface area contributed by atoms with E-state index in [1.165, 1.54) is 5.56 Å². The molecule has 0 N–H and O–H groups in total. The van der Waals surface area contributed by atoms with E-state index >= 15 is 0 Å². The van der Waals surface area contributed by atoms with Gasteiger partial charge >= 0.3 is 0 Å². The van der Waals surface area contributed by atoms with Crippen LogP contribution >= 0.6 is 11.6 Å².